The van der Waals surface area contributed by atoms with Gasteiger partial charge < -0.3 is 10.1 Å². The van der Waals surface area contributed by atoms with Crippen LogP contribution in [0.25, 0.3) is 0 Å². The van der Waals surface area contributed by atoms with Crippen molar-refractivity contribution in [2.75, 3.05) is 13.7 Å². The predicted molar refractivity (Wildman–Crippen MR) is 84.9 cm³/mol. The van der Waals surface area contributed by atoms with Gasteiger partial charge in [0, 0.05) is 12.2 Å². The summed E-state index contributed by atoms with van der Waals surface area (Å²) >= 11 is 0. The molecule has 1 aliphatic carbocycles. The Hall–Kier alpha value is -0.930. The molecule has 1 aromatic rings. The molecule has 0 saturated heterocycles. The molecule has 1 N–H and O–H groups in total. The van der Waals surface area contributed by atoms with Gasteiger partial charge in [-0.1, -0.05) is 37.0 Å². The number of hydrogen-bond acceptors (Lipinski definition) is 2. The van der Waals surface area contributed by atoms with Gasteiger partial charge in [-0.3, -0.25) is 0 Å². The van der Waals surface area contributed by atoms with Gasteiger partial charge >= 0.3 is 0 Å². The fourth-order valence-corrected chi connectivity index (χ4v) is 3.56. The summed E-state index contributed by atoms with van der Waals surface area (Å²) in [6.07, 6.45) is 6.28. The molecule has 0 aliphatic heterocycles. The lowest BCUT2D eigenvalue weighted by atomic mass is 9.80. The van der Waals surface area contributed by atoms with Gasteiger partial charge in [-0.2, -0.15) is 0 Å². The molecule has 1 fully saturated rings. The van der Waals surface area contributed by atoms with Crippen LogP contribution in [0.2, 0.25) is 0 Å². The van der Waals surface area contributed by atoms with E-state index in [1.54, 1.807) is 6.07 Å². The van der Waals surface area contributed by atoms with Crippen LogP contribution in [0.15, 0.2) is 18.2 Å². The van der Waals surface area contributed by atoms with Gasteiger partial charge in [-0.15, -0.1) is 0 Å². The van der Waals surface area contributed by atoms with Gasteiger partial charge in [0.1, 0.15) is 5.82 Å². The van der Waals surface area contributed by atoms with Crippen LogP contribution >= 0.6 is 0 Å². The summed E-state index contributed by atoms with van der Waals surface area (Å²) in [6, 6.07) is 5.26. The molecule has 0 aromatic heterocycles. The van der Waals surface area contributed by atoms with E-state index in [4.69, 9.17) is 4.74 Å². The lowest BCUT2D eigenvalue weighted by Gasteiger charge is -2.36. The summed E-state index contributed by atoms with van der Waals surface area (Å²) in [4.78, 5) is 0. The maximum absolute atomic E-state index is 14.3. The number of rotatable bonds is 6. The highest BCUT2D eigenvalue weighted by atomic mass is 19.1. The highest BCUT2D eigenvalue weighted by molar-refractivity contribution is 5.28. The van der Waals surface area contributed by atoms with Gasteiger partial charge in [0.2, 0.25) is 0 Å². The average molecular weight is 293 g/mol. The molecular weight excluding hydrogens is 265 g/mol. The van der Waals surface area contributed by atoms with Gasteiger partial charge in [-0.05, 0) is 45.7 Å². The molecule has 0 spiro atoms. The molecule has 1 saturated carbocycles. The topological polar surface area (TPSA) is 21.3 Å². The largest absolute Gasteiger partial charge is 0.376 e. The minimum atomic E-state index is -0.138. The fourth-order valence-electron chi connectivity index (χ4n) is 3.56. The number of likely N-dealkylation sites (N-methyl/N-ethyl adjacent to an activating group) is 1. The van der Waals surface area contributed by atoms with Crippen LogP contribution < -0.4 is 5.32 Å². The van der Waals surface area contributed by atoms with Gasteiger partial charge in [0.15, 0.2) is 0 Å². The van der Waals surface area contributed by atoms with Crippen molar-refractivity contribution in [1.29, 1.82) is 0 Å². The molecule has 2 rings (SSSR count). The van der Waals surface area contributed by atoms with Crippen molar-refractivity contribution in [3.63, 3.8) is 0 Å². The zero-order valence-electron chi connectivity index (χ0n) is 13.5. The summed E-state index contributed by atoms with van der Waals surface area (Å²) in [6.45, 7) is 4.70. The Kier molecular flexibility index (Phi) is 6.19. The molecule has 118 valence electrons. The fraction of sp³-hybridized carbons (Fsp3) is 0.667. The molecule has 1 aromatic carbocycles. The quantitative estimate of drug-likeness (QED) is 0.840. The summed E-state index contributed by atoms with van der Waals surface area (Å²) in [5, 5.41) is 3.30. The maximum Gasteiger partial charge on any atom is 0.128 e. The molecular formula is C18H28FNO. The molecule has 2 nitrogen and oxygen atoms in total. The highest BCUT2D eigenvalue weighted by Crippen LogP contribution is 2.35. The summed E-state index contributed by atoms with van der Waals surface area (Å²) in [5.41, 5.74) is 1.83. The van der Waals surface area contributed by atoms with Crippen LogP contribution in [0.3, 0.4) is 0 Å². The first-order valence-electron chi connectivity index (χ1n) is 8.22. The van der Waals surface area contributed by atoms with Crippen LogP contribution in [0.5, 0.6) is 0 Å². The normalized spacial score (nSPS) is 19.4. The monoisotopic (exact) mass is 293 g/mol. The molecule has 0 bridgehead atoms. The minimum Gasteiger partial charge on any atom is -0.376 e. The van der Waals surface area contributed by atoms with E-state index in [1.165, 1.54) is 32.1 Å². The third-order valence-electron chi connectivity index (χ3n) is 4.60. The van der Waals surface area contributed by atoms with Crippen molar-refractivity contribution < 1.29 is 9.13 Å². The summed E-state index contributed by atoms with van der Waals surface area (Å²) < 4.78 is 20.3. The first-order chi connectivity index (χ1) is 10.2. The number of ether oxygens (including phenoxy) is 1. The highest BCUT2D eigenvalue weighted by Gasteiger charge is 2.32. The van der Waals surface area contributed by atoms with Crippen molar-refractivity contribution in [3.8, 4) is 0 Å². The van der Waals surface area contributed by atoms with Crippen molar-refractivity contribution in [1.82, 2.24) is 5.32 Å². The van der Waals surface area contributed by atoms with Crippen molar-refractivity contribution >= 4 is 0 Å². The smallest absolute Gasteiger partial charge is 0.128 e. The SMILES string of the molecule is CCOC(C1CCCCC1)C(NC)c1cc(C)ccc1F. The van der Waals surface area contributed by atoms with E-state index in [1.807, 2.05) is 33.0 Å². The lowest BCUT2D eigenvalue weighted by Crippen LogP contribution is -2.39. The molecule has 21 heavy (non-hydrogen) atoms. The van der Waals surface area contributed by atoms with Gasteiger partial charge in [-0.25, -0.2) is 4.39 Å². The Labute approximate surface area is 128 Å². The van der Waals surface area contributed by atoms with E-state index in [0.717, 1.165) is 11.1 Å². The van der Waals surface area contributed by atoms with Gasteiger partial charge in [0.05, 0.1) is 12.1 Å². The van der Waals surface area contributed by atoms with Crippen LogP contribution in [0, 0.1) is 18.7 Å². The second kappa shape index (κ2) is 7.90. The maximum atomic E-state index is 14.3. The third kappa shape index (κ3) is 4.04. The van der Waals surface area contributed by atoms with E-state index in [0.29, 0.717) is 12.5 Å². The number of nitrogens with one attached hydrogen (secondary N) is 1. The van der Waals surface area contributed by atoms with E-state index >= 15 is 0 Å². The Morgan fingerprint density at radius 1 is 1.29 bits per heavy atom. The standard InChI is InChI=1S/C18H28FNO/c1-4-21-18(14-8-6-5-7-9-14)17(20-3)15-12-13(2)10-11-16(15)19/h10-12,14,17-18,20H,4-9H2,1-3H3. The predicted octanol–water partition coefficient (Wildman–Crippen LogP) is 4.38. The summed E-state index contributed by atoms with van der Waals surface area (Å²) in [7, 11) is 1.90. The van der Waals surface area contributed by atoms with Crippen LogP contribution in [-0.2, 0) is 4.74 Å². The van der Waals surface area contributed by atoms with E-state index in [-0.39, 0.29) is 18.0 Å². The molecule has 0 heterocycles. The summed E-state index contributed by atoms with van der Waals surface area (Å²) in [5.74, 6) is 0.386. The molecule has 1 aliphatic rings. The van der Waals surface area contributed by atoms with Crippen LogP contribution in [0.1, 0.15) is 56.2 Å². The third-order valence-corrected chi connectivity index (χ3v) is 4.60. The second-order valence-electron chi connectivity index (χ2n) is 6.11. The molecule has 0 amide bonds. The zero-order valence-corrected chi connectivity index (χ0v) is 13.5. The average Bonchev–Trinajstić information content (AvgIpc) is 2.51. The molecule has 0 radical (unpaired) electrons. The van der Waals surface area contributed by atoms with E-state index in [2.05, 4.69) is 5.32 Å². The molecule has 3 heteroatoms. The Morgan fingerprint density at radius 2 is 2.00 bits per heavy atom. The van der Waals surface area contributed by atoms with Crippen molar-refractivity contribution in [2.24, 2.45) is 5.92 Å². The van der Waals surface area contributed by atoms with E-state index in [9.17, 15) is 4.39 Å². The number of aryl methyl sites for hydroxylation is 1. The zero-order chi connectivity index (χ0) is 15.2. The van der Waals surface area contributed by atoms with E-state index < -0.39 is 0 Å². The number of hydrogen-bond donors (Lipinski definition) is 1. The number of halogens is 1. The van der Waals surface area contributed by atoms with Crippen LogP contribution in [0.4, 0.5) is 4.39 Å². The Morgan fingerprint density at radius 3 is 2.62 bits per heavy atom. The Bertz CT molecular complexity index is 443. The first-order valence-corrected chi connectivity index (χ1v) is 8.22. The minimum absolute atomic E-state index is 0.0524. The molecule has 2 atom stereocenters. The van der Waals surface area contributed by atoms with Crippen molar-refractivity contribution in [2.45, 2.75) is 58.1 Å². The van der Waals surface area contributed by atoms with Crippen LogP contribution in [-0.4, -0.2) is 19.8 Å². The lowest BCUT2D eigenvalue weighted by molar-refractivity contribution is -0.0174. The molecule has 2 unspecified atom stereocenters. The van der Waals surface area contributed by atoms with Gasteiger partial charge in [0.25, 0.3) is 0 Å². The van der Waals surface area contributed by atoms with Crippen molar-refractivity contribution in [3.05, 3.63) is 35.1 Å². The second-order valence-corrected chi connectivity index (χ2v) is 6.11. The first kappa shape index (κ1) is 16.4. The Balaban J connectivity index is 2.27. The number of benzene rings is 1.